The van der Waals surface area contributed by atoms with Crippen LogP contribution in [0, 0.1) is 5.41 Å². The number of amides is 1. The lowest BCUT2D eigenvalue weighted by Crippen LogP contribution is -2.34. The molecule has 0 aliphatic carbocycles. The third kappa shape index (κ3) is 3.56. The van der Waals surface area contributed by atoms with Gasteiger partial charge in [-0.1, -0.05) is 20.8 Å². The second kappa shape index (κ2) is 6.50. The highest BCUT2D eigenvalue weighted by atomic mass is 16.5. The summed E-state index contributed by atoms with van der Waals surface area (Å²) in [5.41, 5.74) is 0.409. The third-order valence-electron chi connectivity index (χ3n) is 2.91. The van der Waals surface area contributed by atoms with Gasteiger partial charge in [0.25, 0.3) is 0 Å². The first-order chi connectivity index (χ1) is 9.35. The van der Waals surface area contributed by atoms with Crippen molar-refractivity contribution in [3.63, 3.8) is 0 Å². The van der Waals surface area contributed by atoms with Gasteiger partial charge in [-0.25, -0.2) is 0 Å². The molecule has 0 radical (unpaired) electrons. The Bertz CT molecular complexity index is 477. The van der Waals surface area contributed by atoms with Crippen LogP contribution in [0.15, 0.2) is 12.1 Å². The van der Waals surface area contributed by atoms with E-state index in [0.29, 0.717) is 23.8 Å². The number of hydrogen-bond acceptors (Lipinski definition) is 4. The van der Waals surface area contributed by atoms with E-state index in [0.717, 1.165) is 5.56 Å². The molecule has 5 heteroatoms. The topological polar surface area (TPSA) is 56.8 Å². The van der Waals surface area contributed by atoms with Gasteiger partial charge in [0.05, 0.1) is 21.3 Å². The molecule has 0 aliphatic rings. The maximum absolute atomic E-state index is 11.9. The molecule has 1 rings (SSSR count). The Hall–Kier alpha value is -1.91. The molecule has 0 fully saturated rings. The lowest BCUT2D eigenvalue weighted by molar-refractivity contribution is -0.128. The van der Waals surface area contributed by atoms with Gasteiger partial charge >= 0.3 is 0 Å². The highest BCUT2D eigenvalue weighted by molar-refractivity contribution is 5.81. The third-order valence-corrected chi connectivity index (χ3v) is 2.91. The Morgan fingerprint density at radius 2 is 1.65 bits per heavy atom. The van der Waals surface area contributed by atoms with Gasteiger partial charge in [0.15, 0.2) is 11.5 Å². The van der Waals surface area contributed by atoms with Crippen LogP contribution in [0.2, 0.25) is 0 Å². The van der Waals surface area contributed by atoms with E-state index in [9.17, 15) is 4.79 Å². The van der Waals surface area contributed by atoms with Crippen molar-refractivity contribution in [3.8, 4) is 17.2 Å². The fourth-order valence-corrected chi connectivity index (χ4v) is 1.74. The van der Waals surface area contributed by atoms with Crippen LogP contribution in [-0.2, 0) is 11.3 Å². The van der Waals surface area contributed by atoms with Crippen LogP contribution >= 0.6 is 0 Å². The smallest absolute Gasteiger partial charge is 0.225 e. The highest BCUT2D eigenvalue weighted by Gasteiger charge is 2.22. The maximum atomic E-state index is 11.9. The molecular formula is C15H23NO4. The normalized spacial score (nSPS) is 10.9. The number of benzene rings is 1. The van der Waals surface area contributed by atoms with Crippen molar-refractivity contribution < 1.29 is 19.0 Å². The van der Waals surface area contributed by atoms with Crippen molar-refractivity contribution in [2.45, 2.75) is 27.3 Å². The molecule has 20 heavy (non-hydrogen) atoms. The number of nitrogens with one attached hydrogen (secondary N) is 1. The molecule has 0 atom stereocenters. The van der Waals surface area contributed by atoms with E-state index in [-0.39, 0.29) is 5.91 Å². The van der Waals surface area contributed by atoms with Crippen LogP contribution in [0.1, 0.15) is 26.3 Å². The first-order valence-electron chi connectivity index (χ1n) is 6.41. The average Bonchev–Trinajstić information content (AvgIpc) is 2.42. The first kappa shape index (κ1) is 16.1. The number of rotatable bonds is 5. The molecule has 1 aromatic carbocycles. The summed E-state index contributed by atoms with van der Waals surface area (Å²) in [6.07, 6.45) is 0. The van der Waals surface area contributed by atoms with Crippen LogP contribution in [0.4, 0.5) is 0 Å². The Balaban J connectivity index is 2.99. The van der Waals surface area contributed by atoms with Gasteiger partial charge in [0.2, 0.25) is 11.7 Å². The van der Waals surface area contributed by atoms with E-state index < -0.39 is 5.41 Å². The molecule has 0 aromatic heterocycles. The Morgan fingerprint density at radius 3 is 2.10 bits per heavy atom. The second-order valence-corrected chi connectivity index (χ2v) is 5.43. The van der Waals surface area contributed by atoms with E-state index in [1.165, 1.54) is 0 Å². The minimum Gasteiger partial charge on any atom is -0.493 e. The Morgan fingerprint density at radius 1 is 1.05 bits per heavy atom. The van der Waals surface area contributed by atoms with E-state index >= 15 is 0 Å². The summed E-state index contributed by atoms with van der Waals surface area (Å²) in [6, 6.07) is 3.64. The maximum Gasteiger partial charge on any atom is 0.225 e. The number of carbonyl (C=O) groups excluding carboxylic acids is 1. The zero-order chi connectivity index (χ0) is 15.3. The first-order valence-corrected chi connectivity index (χ1v) is 6.41. The summed E-state index contributed by atoms with van der Waals surface area (Å²) >= 11 is 0. The molecule has 1 N–H and O–H groups in total. The van der Waals surface area contributed by atoms with Gasteiger partial charge in [-0.3, -0.25) is 4.79 Å². The molecule has 5 nitrogen and oxygen atoms in total. The largest absolute Gasteiger partial charge is 0.493 e. The second-order valence-electron chi connectivity index (χ2n) is 5.43. The monoisotopic (exact) mass is 281 g/mol. The molecule has 0 spiro atoms. The summed E-state index contributed by atoms with van der Waals surface area (Å²) in [7, 11) is 4.68. The fourth-order valence-electron chi connectivity index (χ4n) is 1.74. The standard InChI is InChI=1S/C15H23NO4/c1-15(2,3)14(17)16-9-10-7-8-11(18-4)13(20-6)12(10)19-5/h7-8H,9H2,1-6H3,(H,16,17). The molecule has 0 saturated carbocycles. The van der Waals surface area contributed by atoms with Crippen LogP contribution in [0.25, 0.3) is 0 Å². The van der Waals surface area contributed by atoms with Crippen molar-refractivity contribution in [1.29, 1.82) is 0 Å². The van der Waals surface area contributed by atoms with Gasteiger partial charge in [-0.05, 0) is 12.1 Å². The van der Waals surface area contributed by atoms with Crippen LogP contribution in [0.5, 0.6) is 17.2 Å². The van der Waals surface area contributed by atoms with E-state index in [2.05, 4.69) is 5.32 Å². The summed E-state index contributed by atoms with van der Waals surface area (Å²) in [4.78, 5) is 11.9. The van der Waals surface area contributed by atoms with Gasteiger partial charge in [-0.15, -0.1) is 0 Å². The van der Waals surface area contributed by atoms with Crippen LogP contribution in [0.3, 0.4) is 0 Å². The number of methoxy groups -OCH3 is 3. The molecule has 112 valence electrons. The molecule has 0 aliphatic heterocycles. The SMILES string of the molecule is COc1ccc(CNC(=O)C(C)(C)C)c(OC)c1OC. The predicted octanol–water partition coefficient (Wildman–Crippen LogP) is 2.37. The summed E-state index contributed by atoms with van der Waals surface area (Å²) in [5.74, 6) is 1.67. The molecular weight excluding hydrogens is 258 g/mol. The summed E-state index contributed by atoms with van der Waals surface area (Å²) in [5, 5.41) is 2.89. The highest BCUT2D eigenvalue weighted by Crippen LogP contribution is 2.39. The van der Waals surface area contributed by atoms with Gasteiger partial charge < -0.3 is 19.5 Å². The lowest BCUT2D eigenvalue weighted by atomic mass is 9.95. The molecule has 0 unspecified atom stereocenters. The minimum atomic E-state index is -0.427. The molecule has 0 bridgehead atoms. The Kier molecular flexibility index (Phi) is 5.25. The van der Waals surface area contributed by atoms with Crippen molar-refractivity contribution in [2.24, 2.45) is 5.41 Å². The van der Waals surface area contributed by atoms with Crippen LogP contribution in [-0.4, -0.2) is 27.2 Å². The molecule has 0 heterocycles. The molecule has 1 aromatic rings. The van der Waals surface area contributed by atoms with Crippen molar-refractivity contribution in [1.82, 2.24) is 5.32 Å². The van der Waals surface area contributed by atoms with Crippen molar-refractivity contribution in [2.75, 3.05) is 21.3 Å². The van der Waals surface area contributed by atoms with Crippen molar-refractivity contribution in [3.05, 3.63) is 17.7 Å². The fraction of sp³-hybridized carbons (Fsp3) is 0.533. The lowest BCUT2D eigenvalue weighted by Gasteiger charge is -2.19. The number of hydrogen-bond donors (Lipinski definition) is 1. The predicted molar refractivity (Wildman–Crippen MR) is 77.4 cm³/mol. The summed E-state index contributed by atoms with van der Waals surface area (Å²) in [6.45, 7) is 5.98. The Labute approximate surface area is 120 Å². The van der Waals surface area contributed by atoms with Gasteiger partial charge in [0, 0.05) is 17.5 Å². The van der Waals surface area contributed by atoms with Gasteiger partial charge in [0.1, 0.15) is 0 Å². The molecule has 0 saturated heterocycles. The zero-order valence-corrected chi connectivity index (χ0v) is 13.0. The van der Waals surface area contributed by atoms with E-state index in [4.69, 9.17) is 14.2 Å². The van der Waals surface area contributed by atoms with Gasteiger partial charge in [-0.2, -0.15) is 0 Å². The number of carbonyl (C=O) groups is 1. The van der Waals surface area contributed by atoms with Crippen LogP contribution < -0.4 is 19.5 Å². The minimum absolute atomic E-state index is 0.0191. The van der Waals surface area contributed by atoms with Crippen molar-refractivity contribution >= 4 is 5.91 Å². The number of ether oxygens (including phenoxy) is 3. The van der Waals surface area contributed by atoms with E-state index in [1.807, 2.05) is 26.8 Å². The molecule has 1 amide bonds. The summed E-state index contributed by atoms with van der Waals surface area (Å²) < 4.78 is 15.9. The zero-order valence-electron chi connectivity index (χ0n) is 13.0. The average molecular weight is 281 g/mol. The quantitative estimate of drug-likeness (QED) is 0.900. The van der Waals surface area contributed by atoms with E-state index in [1.54, 1.807) is 27.4 Å².